The van der Waals surface area contributed by atoms with Crippen LogP contribution in [0.5, 0.6) is 0 Å². The molecule has 3 heteroatoms. The molecule has 1 aromatic heterocycles. The quantitative estimate of drug-likeness (QED) is 0.765. The van der Waals surface area contributed by atoms with Crippen LogP contribution in [0, 0.1) is 13.8 Å². The lowest BCUT2D eigenvalue weighted by atomic mass is 10.1. The molecule has 3 rings (SSSR count). The van der Waals surface area contributed by atoms with Crippen molar-refractivity contribution in [1.82, 2.24) is 0 Å². The van der Waals surface area contributed by atoms with Crippen LogP contribution >= 0.6 is 11.3 Å². The maximum Gasteiger partial charge on any atom is 0.259 e. The number of aryl methyl sites for hydroxylation is 2. The maximum absolute atomic E-state index is 12.6. The van der Waals surface area contributed by atoms with E-state index in [9.17, 15) is 4.79 Å². The van der Waals surface area contributed by atoms with Gasteiger partial charge in [0.2, 0.25) is 0 Å². The smallest absolute Gasteiger partial charge is 0.259 e. The summed E-state index contributed by atoms with van der Waals surface area (Å²) in [6.07, 6.45) is 0.962. The van der Waals surface area contributed by atoms with Crippen LogP contribution in [-0.2, 0) is 6.42 Å². The highest BCUT2D eigenvalue weighted by molar-refractivity contribution is 7.12. The number of para-hydroxylation sites is 1. The number of fused-ring (bicyclic) bond motifs is 1. The third kappa shape index (κ3) is 1.75. The highest BCUT2D eigenvalue weighted by Gasteiger charge is 2.26. The first kappa shape index (κ1) is 11.5. The molecule has 2 heterocycles. The number of carbonyl (C=O) groups is 1. The van der Waals surface area contributed by atoms with Crippen LogP contribution in [0.25, 0.3) is 0 Å². The summed E-state index contributed by atoms with van der Waals surface area (Å²) >= 11 is 1.69. The molecule has 0 unspecified atom stereocenters. The van der Waals surface area contributed by atoms with E-state index in [2.05, 4.69) is 6.07 Å². The Balaban J connectivity index is 1.98. The first-order valence-corrected chi connectivity index (χ1v) is 6.95. The van der Waals surface area contributed by atoms with Gasteiger partial charge in [0.05, 0.1) is 5.56 Å². The van der Waals surface area contributed by atoms with Crippen LogP contribution in [0.4, 0.5) is 5.69 Å². The first-order chi connectivity index (χ1) is 8.66. The summed E-state index contributed by atoms with van der Waals surface area (Å²) in [5, 5.41) is 0. The number of hydrogen-bond acceptors (Lipinski definition) is 2. The highest BCUT2D eigenvalue weighted by Crippen LogP contribution is 2.31. The first-order valence-electron chi connectivity index (χ1n) is 6.13. The van der Waals surface area contributed by atoms with E-state index in [4.69, 9.17) is 0 Å². The van der Waals surface area contributed by atoms with Crippen LogP contribution < -0.4 is 4.90 Å². The van der Waals surface area contributed by atoms with E-state index in [0.717, 1.165) is 29.1 Å². The number of anilines is 1. The number of carbonyl (C=O) groups excluding carboxylic acids is 1. The number of thiophene rings is 1. The summed E-state index contributed by atoms with van der Waals surface area (Å²) in [5.41, 5.74) is 3.20. The second kappa shape index (κ2) is 4.25. The monoisotopic (exact) mass is 257 g/mol. The Morgan fingerprint density at radius 2 is 2.06 bits per heavy atom. The van der Waals surface area contributed by atoms with E-state index in [0.29, 0.717) is 0 Å². The van der Waals surface area contributed by atoms with Crippen LogP contribution in [0.15, 0.2) is 30.3 Å². The number of hydrogen-bond donors (Lipinski definition) is 0. The maximum atomic E-state index is 12.6. The molecule has 92 valence electrons. The molecule has 0 bridgehead atoms. The summed E-state index contributed by atoms with van der Waals surface area (Å²) in [5.74, 6) is 0.141. The number of rotatable bonds is 1. The van der Waals surface area contributed by atoms with Crippen molar-refractivity contribution in [2.24, 2.45) is 0 Å². The largest absolute Gasteiger partial charge is 0.308 e. The SMILES string of the molecule is Cc1cc(C(=O)N2CCc3ccccc32)c(C)s1. The lowest BCUT2D eigenvalue weighted by Gasteiger charge is -2.17. The number of benzene rings is 1. The Labute approximate surface area is 111 Å². The molecule has 0 saturated carbocycles. The van der Waals surface area contributed by atoms with Crippen LogP contribution in [0.1, 0.15) is 25.7 Å². The van der Waals surface area contributed by atoms with Crippen LogP contribution in [0.3, 0.4) is 0 Å². The van der Waals surface area contributed by atoms with E-state index < -0.39 is 0 Å². The molecule has 0 fully saturated rings. The van der Waals surface area contributed by atoms with Gasteiger partial charge in [-0.15, -0.1) is 11.3 Å². The van der Waals surface area contributed by atoms with E-state index in [-0.39, 0.29) is 5.91 Å². The van der Waals surface area contributed by atoms with Gasteiger partial charge in [0.1, 0.15) is 0 Å². The average Bonchev–Trinajstić information content (AvgIpc) is 2.92. The molecule has 2 aromatic rings. The molecule has 1 aromatic carbocycles. The zero-order chi connectivity index (χ0) is 12.7. The van der Waals surface area contributed by atoms with Crippen molar-refractivity contribution in [3.8, 4) is 0 Å². The summed E-state index contributed by atoms with van der Waals surface area (Å²) in [7, 11) is 0. The molecule has 0 N–H and O–H groups in total. The average molecular weight is 257 g/mol. The zero-order valence-corrected chi connectivity index (χ0v) is 11.4. The van der Waals surface area contributed by atoms with Gasteiger partial charge in [-0.05, 0) is 38.0 Å². The van der Waals surface area contributed by atoms with Crippen LogP contribution in [0.2, 0.25) is 0 Å². The van der Waals surface area contributed by atoms with Crippen molar-refractivity contribution in [2.75, 3.05) is 11.4 Å². The molecule has 1 aliphatic rings. The molecular weight excluding hydrogens is 242 g/mol. The fourth-order valence-corrected chi connectivity index (χ4v) is 3.45. The fourth-order valence-electron chi connectivity index (χ4n) is 2.54. The van der Waals surface area contributed by atoms with Gasteiger partial charge in [-0.25, -0.2) is 0 Å². The Hall–Kier alpha value is -1.61. The minimum atomic E-state index is 0.141. The van der Waals surface area contributed by atoms with E-state index >= 15 is 0 Å². The lowest BCUT2D eigenvalue weighted by molar-refractivity contribution is 0.0989. The van der Waals surface area contributed by atoms with Gasteiger partial charge < -0.3 is 4.90 Å². The van der Waals surface area contributed by atoms with Crippen molar-refractivity contribution in [3.63, 3.8) is 0 Å². The summed E-state index contributed by atoms with van der Waals surface area (Å²) in [6.45, 7) is 4.87. The van der Waals surface area contributed by atoms with Crippen molar-refractivity contribution in [3.05, 3.63) is 51.2 Å². The minimum absolute atomic E-state index is 0.141. The predicted octanol–water partition coefficient (Wildman–Crippen LogP) is 3.57. The molecule has 2 nitrogen and oxygen atoms in total. The van der Waals surface area contributed by atoms with Gasteiger partial charge in [-0.2, -0.15) is 0 Å². The normalized spacial score (nSPS) is 13.8. The minimum Gasteiger partial charge on any atom is -0.308 e. The highest BCUT2D eigenvalue weighted by atomic mass is 32.1. The Morgan fingerprint density at radius 1 is 1.28 bits per heavy atom. The standard InChI is InChI=1S/C15H15NOS/c1-10-9-13(11(2)18-10)15(17)16-8-7-12-5-3-4-6-14(12)16/h3-6,9H,7-8H2,1-2H3. The van der Waals surface area contributed by atoms with Gasteiger partial charge in [0.25, 0.3) is 5.91 Å². The molecule has 1 aliphatic heterocycles. The van der Waals surface area contributed by atoms with E-state index in [1.54, 1.807) is 11.3 Å². The third-order valence-corrected chi connectivity index (χ3v) is 4.37. The molecule has 0 saturated heterocycles. The van der Waals surface area contributed by atoms with Crippen molar-refractivity contribution >= 4 is 22.9 Å². The lowest BCUT2D eigenvalue weighted by Crippen LogP contribution is -2.28. The van der Waals surface area contributed by atoms with E-state index in [1.807, 2.05) is 43.0 Å². The number of amides is 1. The van der Waals surface area contributed by atoms with Gasteiger partial charge in [0.15, 0.2) is 0 Å². The van der Waals surface area contributed by atoms with Crippen molar-refractivity contribution < 1.29 is 4.79 Å². The van der Waals surface area contributed by atoms with Gasteiger partial charge >= 0.3 is 0 Å². The second-order valence-corrected chi connectivity index (χ2v) is 6.12. The Bertz CT molecular complexity index is 615. The van der Waals surface area contributed by atoms with Crippen molar-refractivity contribution in [2.45, 2.75) is 20.3 Å². The molecule has 0 aliphatic carbocycles. The van der Waals surface area contributed by atoms with Gasteiger partial charge in [-0.1, -0.05) is 18.2 Å². The summed E-state index contributed by atoms with van der Waals surface area (Å²) < 4.78 is 0. The Kier molecular flexibility index (Phi) is 2.71. The van der Waals surface area contributed by atoms with Gasteiger partial charge in [-0.3, -0.25) is 4.79 Å². The third-order valence-electron chi connectivity index (χ3n) is 3.40. The second-order valence-electron chi connectivity index (χ2n) is 4.66. The predicted molar refractivity (Wildman–Crippen MR) is 75.6 cm³/mol. The molecule has 18 heavy (non-hydrogen) atoms. The topological polar surface area (TPSA) is 20.3 Å². The molecule has 0 spiro atoms. The fraction of sp³-hybridized carbons (Fsp3) is 0.267. The molecular formula is C15H15NOS. The molecule has 0 atom stereocenters. The molecule has 0 radical (unpaired) electrons. The zero-order valence-electron chi connectivity index (χ0n) is 10.6. The van der Waals surface area contributed by atoms with E-state index in [1.165, 1.54) is 10.4 Å². The molecule has 1 amide bonds. The van der Waals surface area contributed by atoms with Crippen LogP contribution in [-0.4, -0.2) is 12.5 Å². The van der Waals surface area contributed by atoms with Crippen molar-refractivity contribution in [1.29, 1.82) is 0 Å². The summed E-state index contributed by atoms with van der Waals surface area (Å²) in [4.78, 5) is 16.8. The number of nitrogens with zero attached hydrogens (tertiary/aromatic N) is 1. The van der Waals surface area contributed by atoms with Gasteiger partial charge in [0, 0.05) is 22.0 Å². The summed E-state index contributed by atoms with van der Waals surface area (Å²) in [6, 6.07) is 10.2. The Morgan fingerprint density at radius 3 is 2.78 bits per heavy atom.